The van der Waals surface area contributed by atoms with Gasteiger partial charge in [-0.15, -0.1) is 0 Å². The van der Waals surface area contributed by atoms with Gasteiger partial charge in [0.25, 0.3) is 5.56 Å². The molecule has 4 rings (SSSR count). The van der Waals surface area contributed by atoms with Crippen LogP contribution in [0.15, 0.2) is 43.7 Å². The predicted octanol–water partition coefficient (Wildman–Crippen LogP) is 1.85. The summed E-state index contributed by atoms with van der Waals surface area (Å²) in [4.78, 5) is 38.2. The van der Waals surface area contributed by atoms with Gasteiger partial charge in [-0.25, -0.2) is 14.8 Å². The summed E-state index contributed by atoms with van der Waals surface area (Å²) in [5.74, 6) is 0.687. The van der Waals surface area contributed by atoms with Crippen LogP contribution in [0.2, 0.25) is 0 Å². The first-order valence-electron chi connectivity index (χ1n) is 7.47. The third-order valence-corrected chi connectivity index (χ3v) is 5.34. The van der Waals surface area contributed by atoms with Gasteiger partial charge in [0.1, 0.15) is 0 Å². The number of nitrogens with zero attached hydrogens (tertiary/aromatic N) is 4. The Bertz CT molecular complexity index is 1170. The van der Waals surface area contributed by atoms with Crippen molar-refractivity contribution in [2.45, 2.75) is 11.7 Å². The molecule has 25 heavy (non-hydrogen) atoms. The lowest BCUT2D eigenvalue weighted by Crippen LogP contribution is -2.29. The molecule has 0 aliphatic rings. The molecule has 0 fully saturated rings. The molecule has 0 spiro atoms. The minimum absolute atomic E-state index is 0.356. The van der Waals surface area contributed by atoms with Crippen LogP contribution >= 0.6 is 27.7 Å². The number of halogens is 1. The fourth-order valence-electron chi connectivity index (χ4n) is 2.64. The highest BCUT2D eigenvalue weighted by molar-refractivity contribution is 9.10. The topological polar surface area (TPSA) is 101 Å². The van der Waals surface area contributed by atoms with Crippen molar-refractivity contribution in [2.24, 2.45) is 7.05 Å². The Hall–Kier alpha value is -2.33. The highest BCUT2D eigenvalue weighted by Crippen LogP contribution is 2.21. The van der Waals surface area contributed by atoms with Crippen LogP contribution in [-0.4, -0.2) is 34.8 Å². The van der Waals surface area contributed by atoms with Gasteiger partial charge in [-0.2, -0.15) is 0 Å². The minimum atomic E-state index is -0.480. The molecule has 1 aromatic carbocycles. The number of aromatic amines is 2. The number of H-pyrrole nitrogens is 2. The van der Waals surface area contributed by atoms with Crippen molar-refractivity contribution in [1.82, 2.24) is 29.1 Å². The first-order valence-corrected chi connectivity index (χ1v) is 9.25. The van der Waals surface area contributed by atoms with E-state index in [2.05, 4.69) is 35.9 Å². The summed E-state index contributed by atoms with van der Waals surface area (Å²) in [6, 6.07) is 7.84. The second-order valence-corrected chi connectivity index (χ2v) is 7.22. The number of para-hydroxylation sites is 2. The summed E-state index contributed by atoms with van der Waals surface area (Å²) >= 11 is 4.93. The van der Waals surface area contributed by atoms with Crippen molar-refractivity contribution in [1.29, 1.82) is 0 Å². The summed E-state index contributed by atoms with van der Waals surface area (Å²) in [5.41, 5.74) is 1.72. The van der Waals surface area contributed by atoms with E-state index in [1.807, 2.05) is 24.3 Å². The molecule has 0 aliphatic carbocycles. The number of hydrogen-bond donors (Lipinski definition) is 2. The molecule has 10 heteroatoms. The number of hydrogen-bond acceptors (Lipinski definition) is 5. The summed E-state index contributed by atoms with van der Waals surface area (Å²) in [6.45, 7) is 0.542. The van der Waals surface area contributed by atoms with E-state index in [1.165, 1.54) is 4.57 Å². The molecule has 128 valence electrons. The molecular formula is C15H13BrN6O2S. The van der Waals surface area contributed by atoms with Gasteiger partial charge in [-0.1, -0.05) is 23.9 Å². The molecule has 0 amide bonds. The van der Waals surface area contributed by atoms with Crippen molar-refractivity contribution in [2.75, 3.05) is 5.75 Å². The van der Waals surface area contributed by atoms with Crippen molar-refractivity contribution in [3.63, 3.8) is 0 Å². The molecule has 0 atom stereocenters. The number of aryl methyl sites for hydroxylation is 2. The van der Waals surface area contributed by atoms with E-state index < -0.39 is 11.2 Å². The van der Waals surface area contributed by atoms with Crippen molar-refractivity contribution in [3.8, 4) is 0 Å². The molecule has 3 heterocycles. The molecule has 0 radical (unpaired) electrons. The Balaban J connectivity index is 1.61. The van der Waals surface area contributed by atoms with Crippen molar-refractivity contribution in [3.05, 3.63) is 49.8 Å². The summed E-state index contributed by atoms with van der Waals surface area (Å²) < 4.78 is 3.59. The second kappa shape index (κ2) is 6.19. The number of benzene rings is 1. The maximum absolute atomic E-state index is 12.2. The molecule has 0 bridgehead atoms. The van der Waals surface area contributed by atoms with Gasteiger partial charge >= 0.3 is 5.69 Å². The normalized spacial score (nSPS) is 11.6. The largest absolute Gasteiger partial charge is 0.333 e. The van der Waals surface area contributed by atoms with Crippen LogP contribution in [0.3, 0.4) is 0 Å². The lowest BCUT2D eigenvalue weighted by Gasteiger charge is -2.04. The van der Waals surface area contributed by atoms with Gasteiger partial charge < -0.3 is 9.55 Å². The van der Waals surface area contributed by atoms with Crippen LogP contribution in [0.25, 0.3) is 22.2 Å². The van der Waals surface area contributed by atoms with Gasteiger partial charge in [0.15, 0.2) is 21.1 Å². The van der Waals surface area contributed by atoms with Crippen LogP contribution < -0.4 is 11.2 Å². The Morgan fingerprint density at radius 3 is 2.80 bits per heavy atom. The monoisotopic (exact) mass is 420 g/mol. The first kappa shape index (κ1) is 16.2. The van der Waals surface area contributed by atoms with E-state index in [1.54, 1.807) is 23.4 Å². The standard InChI is InChI=1S/C15H13BrN6O2S/c1-21-11-10(12(23)20-15(21)24)22(13(16)19-11)6-7-25-14-17-8-4-2-3-5-9(8)18-14/h2-5H,6-7H2,1H3,(H,17,18)(H,20,23,24). The number of imidazole rings is 2. The Kier molecular flexibility index (Phi) is 4.00. The van der Waals surface area contributed by atoms with E-state index >= 15 is 0 Å². The molecule has 4 aromatic rings. The Morgan fingerprint density at radius 1 is 1.20 bits per heavy atom. The number of aromatic nitrogens is 6. The number of nitrogens with one attached hydrogen (secondary N) is 2. The van der Waals surface area contributed by atoms with Gasteiger partial charge in [-0.05, 0) is 28.1 Å². The quantitative estimate of drug-likeness (QED) is 0.387. The Labute approximate surface area is 153 Å². The third kappa shape index (κ3) is 2.81. The predicted molar refractivity (Wildman–Crippen MR) is 100 cm³/mol. The van der Waals surface area contributed by atoms with Gasteiger partial charge in [-0.3, -0.25) is 14.3 Å². The average Bonchev–Trinajstić information content (AvgIpc) is 3.14. The van der Waals surface area contributed by atoms with Gasteiger partial charge in [0.2, 0.25) is 0 Å². The SMILES string of the molecule is Cn1c(=O)[nH]c(=O)c2c1nc(Br)n2CCSc1nc2ccccc2[nH]1. The first-order chi connectivity index (χ1) is 12.0. The van der Waals surface area contributed by atoms with Crippen LogP contribution in [0, 0.1) is 0 Å². The van der Waals surface area contributed by atoms with Crippen LogP contribution in [0.5, 0.6) is 0 Å². The number of fused-ring (bicyclic) bond motifs is 2. The van der Waals surface area contributed by atoms with Gasteiger partial charge in [0.05, 0.1) is 11.0 Å². The molecule has 0 aliphatic heterocycles. The van der Waals surface area contributed by atoms with Crippen molar-refractivity contribution >= 4 is 49.9 Å². The van der Waals surface area contributed by atoms with Crippen molar-refractivity contribution < 1.29 is 0 Å². The Morgan fingerprint density at radius 2 is 2.00 bits per heavy atom. The zero-order valence-electron chi connectivity index (χ0n) is 13.1. The molecule has 0 unspecified atom stereocenters. The maximum atomic E-state index is 12.2. The molecular weight excluding hydrogens is 408 g/mol. The van der Waals surface area contributed by atoms with Crippen LogP contribution in [0.4, 0.5) is 0 Å². The molecule has 2 N–H and O–H groups in total. The fourth-order valence-corrected chi connectivity index (χ4v) is 3.98. The second-order valence-electron chi connectivity index (χ2n) is 5.43. The third-order valence-electron chi connectivity index (χ3n) is 3.88. The van der Waals surface area contributed by atoms with E-state index in [4.69, 9.17) is 0 Å². The highest BCUT2D eigenvalue weighted by Gasteiger charge is 2.15. The van der Waals surface area contributed by atoms with Crippen LogP contribution in [0.1, 0.15) is 0 Å². The number of rotatable bonds is 4. The summed E-state index contributed by atoms with van der Waals surface area (Å²) in [7, 11) is 1.58. The smallest absolute Gasteiger partial charge is 0.329 e. The van der Waals surface area contributed by atoms with E-state index in [0.29, 0.717) is 28.2 Å². The minimum Gasteiger partial charge on any atom is -0.333 e. The van der Waals surface area contributed by atoms with Crippen LogP contribution in [-0.2, 0) is 13.6 Å². The summed E-state index contributed by atoms with van der Waals surface area (Å²) in [5, 5.41) is 0.822. The molecule has 0 saturated carbocycles. The number of thioether (sulfide) groups is 1. The zero-order valence-corrected chi connectivity index (χ0v) is 15.5. The van der Waals surface area contributed by atoms with E-state index in [0.717, 1.165) is 16.2 Å². The maximum Gasteiger partial charge on any atom is 0.329 e. The molecule has 3 aromatic heterocycles. The fraction of sp³-hybridized carbons (Fsp3) is 0.200. The van der Waals surface area contributed by atoms with E-state index in [9.17, 15) is 9.59 Å². The average molecular weight is 421 g/mol. The summed E-state index contributed by atoms with van der Waals surface area (Å²) in [6.07, 6.45) is 0. The zero-order chi connectivity index (χ0) is 17.6. The van der Waals surface area contributed by atoms with Gasteiger partial charge in [0, 0.05) is 19.3 Å². The van der Waals surface area contributed by atoms with E-state index in [-0.39, 0.29) is 0 Å². The molecule has 0 saturated heterocycles. The lowest BCUT2D eigenvalue weighted by molar-refractivity contribution is 0.766. The lowest BCUT2D eigenvalue weighted by atomic mass is 10.3. The highest BCUT2D eigenvalue weighted by atomic mass is 79.9. The molecule has 8 nitrogen and oxygen atoms in total.